The Labute approximate surface area is 184 Å². The number of Topliss-reactive ketones (excluding diaryl/α,β-unsaturated/α-hetero) is 1. The Morgan fingerprint density at radius 1 is 1.17 bits per heavy atom. The molecule has 30 heavy (non-hydrogen) atoms. The van der Waals surface area contributed by atoms with E-state index in [0.717, 1.165) is 10.0 Å². The summed E-state index contributed by atoms with van der Waals surface area (Å²) in [5, 5.41) is 11.0. The van der Waals surface area contributed by atoms with E-state index in [2.05, 4.69) is 15.9 Å². The molecule has 0 spiro atoms. The Bertz CT molecular complexity index is 968. The van der Waals surface area contributed by atoms with Gasteiger partial charge in [0, 0.05) is 23.7 Å². The zero-order valence-electron chi connectivity index (χ0n) is 17.1. The van der Waals surface area contributed by atoms with Crippen LogP contribution in [0.5, 0.6) is 5.75 Å². The standard InChI is InChI=1S/C23H24BrNO5/c1-14(2)30-18-9-7-15(8-10-18)21(26)19-20(16-5-4-6-17(24)13-16)25(11-12-29-3)23(28)22(19)27/h4-10,13-14,20,26H,11-12H2,1-3H3/b21-19+/t20-/m0/s1. The van der Waals surface area contributed by atoms with Crippen LogP contribution in [-0.4, -0.2) is 48.1 Å². The summed E-state index contributed by atoms with van der Waals surface area (Å²) in [5.74, 6) is -0.922. The Hall–Kier alpha value is -2.64. The summed E-state index contributed by atoms with van der Waals surface area (Å²) in [4.78, 5) is 27.1. The van der Waals surface area contributed by atoms with Crippen LogP contribution in [0.1, 0.15) is 31.0 Å². The van der Waals surface area contributed by atoms with Crippen molar-refractivity contribution in [1.29, 1.82) is 0 Å². The smallest absolute Gasteiger partial charge is 0.295 e. The third-order valence-corrected chi connectivity index (χ3v) is 5.23. The molecule has 6 nitrogen and oxygen atoms in total. The van der Waals surface area contributed by atoms with Crippen molar-refractivity contribution in [1.82, 2.24) is 4.90 Å². The van der Waals surface area contributed by atoms with Crippen LogP contribution in [0.3, 0.4) is 0 Å². The molecule has 0 aliphatic carbocycles. The van der Waals surface area contributed by atoms with Crippen molar-refractivity contribution in [3.05, 3.63) is 69.7 Å². The van der Waals surface area contributed by atoms with Crippen molar-refractivity contribution in [2.45, 2.75) is 26.0 Å². The number of halogens is 1. The van der Waals surface area contributed by atoms with Crippen molar-refractivity contribution < 1.29 is 24.2 Å². The van der Waals surface area contributed by atoms with Crippen molar-refractivity contribution in [3.8, 4) is 5.75 Å². The van der Waals surface area contributed by atoms with Gasteiger partial charge < -0.3 is 19.5 Å². The Morgan fingerprint density at radius 3 is 2.47 bits per heavy atom. The molecule has 0 unspecified atom stereocenters. The van der Waals surface area contributed by atoms with Gasteiger partial charge in [0.15, 0.2) is 0 Å². The zero-order chi connectivity index (χ0) is 21.8. The van der Waals surface area contributed by atoms with Crippen LogP contribution in [0.4, 0.5) is 0 Å². The van der Waals surface area contributed by atoms with E-state index in [9.17, 15) is 14.7 Å². The molecule has 1 amide bonds. The van der Waals surface area contributed by atoms with E-state index in [1.165, 1.54) is 12.0 Å². The number of likely N-dealkylation sites (tertiary alicyclic amines) is 1. The highest BCUT2D eigenvalue weighted by molar-refractivity contribution is 9.10. The lowest BCUT2D eigenvalue weighted by Crippen LogP contribution is -2.32. The summed E-state index contributed by atoms with van der Waals surface area (Å²) in [7, 11) is 1.53. The number of nitrogens with zero attached hydrogens (tertiary/aromatic N) is 1. The number of hydrogen-bond acceptors (Lipinski definition) is 5. The number of benzene rings is 2. The molecular formula is C23H24BrNO5. The fourth-order valence-electron chi connectivity index (χ4n) is 3.44. The van der Waals surface area contributed by atoms with Gasteiger partial charge in [-0.2, -0.15) is 0 Å². The maximum Gasteiger partial charge on any atom is 0.295 e. The van der Waals surface area contributed by atoms with Gasteiger partial charge in [0.2, 0.25) is 0 Å². The molecule has 3 rings (SSSR count). The van der Waals surface area contributed by atoms with E-state index in [4.69, 9.17) is 9.47 Å². The molecular weight excluding hydrogens is 450 g/mol. The number of rotatable bonds is 7. The monoisotopic (exact) mass is 473 g/mol. The minimum absolute atomic E-state index is 0.0204. The van der Waals surface area contributed by atoms with E-state index < -0.39 is 17.7 Å². The highest BCUT2D eigenvalue weighted by Gasteiger charge is 2.45. The SMILES string of the molecule is COCCN1C(=O)C(=O)/C(=C(/O)c2ccc(OC(C)C)cc2)[C@@H]1c1cccc(Br)c1. The first-order valence-electron chi connectivity index (χ1n) is 9.63. The van der Waals surface area contributed by atoms with Crippen molar-refractivity contribution in [2.24, 2.45) is 0 Å². The van der Waals surface area contributed by atoms with E-state index in [1.54, 1.807) is 24.3 Å². The van der Waals surface area contributed by atoms with Crippen LogP contribution in [0.15, 0.2) is 58.6 Å². The number of carbonyl (C=O) groups is 2. The van der Waals surface area contributed by atoms with Crippen molar-refractivity contribution in [2.75, 3.05) is 20.3 Å². The predicted molar refractivity (Wildman–Crippen MR) is 117 cm³/mol. The number of amides is 1. The van der Waals surface area contributed by atoms with Crippen LogP contribution in [0, 0.1) is 0 Å². The second-order valence-electron chi connectivity index (χ2n) is 7.23. The molecule has 0 bridgehead atoms. The van der Waals surface area contributed by atoms with E-state index in [0.29, 0.717) is 11.3 Å². The molecule has 0 aromatic heterocycles. The van der Waals surface area contributed by atoms with Crippen LogP contribution < -0.4 is 4.74 Å². The van der Waals surface area contributed by atoms with Gasteiger partial charge in [0.05, 0.1) is 24.3 Å². The van der Waals surface area contributed by atoms with E-state index in [1.807, 2.05) is 38.1 Å². The number of hydrogen-bond donors (Lipinski definition) is 1. The number of carbonyl (C=O) groups excluding carboxylic acids is 2. The zero-order valence-corrected chi connectivity index (χ0v) is 18.7. The van der Waals surface area contributed by atoms with Crippen LogP contribution in [0.2, 0.25) is 0 Å². The Morgan fingerprint density at radius 2 is 1.87 bits per heavy atom. The topological polar surface area (TPSA) is 76.1 Å². The Kier molecular flexibility index (Phi) is 6.95. The molecule has 1 aliphatic heterocycles. The molecule has 0 radical (unpaired) electrons. The fourth-order valence-corrected chi connectivity index (χ4v) is 3.86. The van der Waals surface area contributed by atoms with Crippen LogP contribution in [-0.2, 0) is 14.3 Å². The van der Waals surface area contributed by atoms with E-state index >= 15 is 0 Å². The molecule has 1 aliphatic rings. The third kappa shape index (κ3) is 4.57. The summed E-state index contributed by atoms with van der Waals surface area (Å²) in [6, 6.07) is 13.4. The number of aliphatic hydroxyl groups excluding tert-OH is 1. The molecule has 0 saturated carbocycles. The summed E-state index contributed by atoms with van der Waals surface area (Å²) in [6.07, 6.45) is 0.0204. The van der Waals surface area contributed by atoms with Gasteiger partial charge in [-0.05, 0) is 55.8 Å². The van der Waals surface area contributed by atoms with Gasteiger partial charge in [-0.3, -0.25) is 9.59 Å². The van der Waals surface area contributed by atoms with Crippen LogP contribution >= 0.6 is 15.9 Å². The normalized spacial score (nSPS) is 18.3. The van der Waals surface area contributed by atoms with Crippen molar-refractivity contribution >= 4 is 33.4 Å². The van der Waals surface area contributed by atoms with Gasteiger partial charge in [-0.25, -0.2) is 0 Å². The van der Waals surface area contributed by atoms with E-state index in [-0.39, 0.29) is 30.6 Å². The van der Waals surface area contributed by atoms with Crippen molar-refractivity contribution in [3.63, 3.8) is 0 Å². The summed E-state index contributed by atoms with van der Waals surface area (Å²) in [6.45, 7) is 4.36. The third-order valence-electron chi connectivity index (χ3n) is 4.74. The minimum Gasteiger partial charge on any atom is -0.507 e. The Balaban J connectivity index is 2.08. The largest absolute Gasteiger partial charge is 0.507 e. The molecule has 1 N–H and O–H groups in total. The van der Waals surface area contributed by atoms with Gasteiger partial charge in [-0.15, -0.1) is 0 Å². The molecule has 7 heteroatoms. The van der Waals surface area contributed by atoms with Crippen LogP contribution in [0.25, 0.3) is 5.76 Å². The second kappa shape index (κ2) is 9.45. The first-order valence-corrected chi connectivity index (χ1v) is 10.4. The minimum atomic E-state index is -0.712. The fraction of sp³-hybridized carbons (Fsp3) is 0.304. The first kappa shape index (κ1) is 22.1. The number of ketones is 1. The van der Waals surface area contributed by atoms with Gasteiger partial charge in [-0.1, -0.05) is 28.1 Å². The molecule has 1 saturated heterocycles. The predicted octanol–water partition coefficient (Wildman–Crippen LogP) is 4.30. The molecule has 1 heterocycles. The first-order chi connectivity index (χ1) is 14.3. The summed E-state index contributed by atoms with van der Waals surface area (Å²) >= 11 is 3.44. The lowest BCUT2D eigenvalue weighted by atomic mass is 9.95. The highest BCUT2D eigenvalue weighted by atomic mass is 79.9. The summed E-state index contributed by atoms with van der Waals surface area (Å²) < 4.78 is 11.6. The molecule has 158 valence electrons. The van der Waals surface area contributed by atoms with Gasteiger partial charge in [0.25, 0.3) is 11.7 Å². The lowest BCUT2D eigenvalue weighted by molar-refractivity contribution is -0.140. The second-order valence-corrected chi connectivity index (χ2v) is 8.15. The molecule has 2 aromatic carbocycles. The lowest BCUT2D eigenvalue weighted by Gasteiger charge is -2.25. The average molecular weight is 474 g/mol. The molecule has 1 atom stereocenters. The summed E-state index contributed by atoms with van der Waals surface area (Å²) in [5.41, 5.74) is 1.23. The maximum absolute atomic E-state index is 12.9. The molecule has 1 fully saturated rings. The average Bonchev–Trinajstić information content (AvgIpc) is 2.96. The quantitative estimate of drug-likeness (QED) is 0.368. The van der Waals surface area contributed by atoms with Gasteiger partial charge >= 0.3 is 0 Å². The maximum atomic E-state index is 12.9. The number of methoxy groups -OCH3 is 1. The molecule has 2 aromatic rings. The highest BCUT2D eigenvalue weighted by Crippen LogP contribution is 2.40. The van der Waals surface area contributed by atoms with Gasteiger partial charge in [0.1, 0.15) is 11.5 Å². The number of aliphatic hydroxyl groups is 1. The number of ether oxygens (including phenoxy) is 2.